The van der Waals surface area contributed by atoms with E-state index >= 15 is 0 Å². The van der Waals surface area contributed by atoms with Crippen molar-refractivity contribution in [2.75, 3.05) is 12.4 Å². The number of nitro benzene ring substituents is 1. The van der Waals surface area contributed by atoms with E-state index in [1.165, 1.54) is 25.3 Å². The second-order valence-electron chi connectivity index (χ2n) is 6.28. The molecular formula is C22H20N2O5. The number of nitrogens with zero attached hydrogens (tertiary/aromatic N) is 1. The Morgan fingerprint density at radius 1 is 1.00 bits per heavy atom. The Hall–Kier alpha value is -3.87. The van der Waals surface area contributed by atoms with E-state index in [1.807, 2.05) is 42.5 Å². The summed E-state index contributed by atoms with van der Waals surface area (Å²) < 4.78 is 10.8. The molecule has 3 rings (SSSR count). The number of benzene rings is 3. The molecule has 0 aliphatic carbocycles. The molecule has 148 valence electrons. The number of nitrogens with one attached hydrogen (secondary N) is 1. The Morgan fingerprint density at radius 3 is 2.28 bits per heavy atom. The number of anilines is 1. The van der Waals surface area contributed by atoms with Crippen LogP contribution in [-0.2, 0) is 4.79 Å². The van der Waals surface area contributed by atoms with E-state index in [4.69, 9.17) is 9.47 Å². The molecule has 0 aromatic heterocycles. The van der Waals surface area contributed by atoms with Gasteiger partial charge in [0, 0.05) is 6.07 Å². The molecule has 7 nitrogen and oxygen atoms in total. The van der Waals surface area contributed by atoms with Crippen LogP contribution in [0.4, 0.5) is 11.4 Å². The molecular weight excluding hydrogens is 372 g/mol. The number of hydrogen-bond acceptors (Lipinski definition) is 5. The van der Waals surface area contributed by atoms with Crippen LogP contribution in [-0.4, -0.2) is 24.0 Å². The number of hydrogen-bond donors (Lipinski definition) is 1. The summed E-state index contributed by atoms with van der Waals surface area (Å²) in [5.74, 6) is 0.360. The third kappa shape index (κ3) is 4.90. The fourth-order valence-electron chi connectivity index (χ4n) is 2.75. The lowest BCUT2D eigenvalue weighted by Gasteiger charge is -2.16. The van der Waals surface area contributed by atoms with Crippen LogP contribution < -0.4 is 14.8 Å². The van der Waals surface area contributed by atoms with Gasteiger partial charge in [0.25, 0.3) is 11.6 Å². The van der Waals surface area contributed by atoms with Gasteiger partial charge in [-0.05, 0) is 36.2 Å². The molecule has 7 heteroatoms. The molecule has 1 atom stereocenters. The van der Waals surface area contributed by atoms with Gasteiger partial charge in [-0.15, -0.1) is 0 Å². The van der Waals surface area contributed by atoms with Crippen molar-refractivity contribution in [3.05, 3.63) is 82.9 Å². The Balaban J connectivity index is 1.66. The van der Waals surface area contributed by atoms with Crippen LogP contribution in [0, 0.1) is 10.1 Å². The number of rotatable bonds is 7. The zero-order chi connectivity index (χ0) is 20.8. The third-order valence-corrected chi connectivity index (χ3v) is 4.30. The molecule has 0 aliphatic heterocycles. The van der Waals surface area contributed by atoms with Crippen molar-refractivity contribution in [2.45, 2.75) is 13.0 Å². The van der Waals surface area contributed by atoms with Crippen molar-refractivity contribution < 1.29 is 19.2 Å². The molecule has 0 saturated heterocycles. The molecule has 0 radical (unpaired) electrons. The summed E-state index contributed by atoms with van der Waals surface area (Å²) >= 11 is 0. The fraction of sp³-hybridized carbons (Fsp3) is 0.136. The Labute approximate surface area is 168 Å². The van der Waals surface area contributed by atoms with Gasteiger partial charge in [0.2, 0.25) is 0 Å². The zero-order valence-corrected chi connectivity index (χ0v) is 16.0. The highest BCUT2D eigenvalue weighted by molar-refractivity contribution is 5.95. The predicted molar refractivity (Wildman–Crippen MR) is 110 cm³/mol. The number of methoxy groups -OCH3 is 1. The molecule has 29 heavy (non-hydrogen) atoms. The fourth-order valence-corrected chi connectivity index (χ4v) is 2.75. The summed E-state index contributed by atoms with van der Waals surface area (Å²) in [5.41, 5.74) is 2.35. The Bertz CT molecular complexity index is 1000. The average molecular weight is 392 g/mol. The van der Waals surface area contributed by atoms with Crippen molar-refractivity contribution >= 4 is 17.3 Å². The van der Waals surface area contributed by atoms with Crippen molar-refractivity contribution in [1.82, 2.24) is 0 Å². The van der Waals surface area contributed by atoms with Crippen molar-refractivity contribution in [1.29, 1.82) is 0 Å². The third-order valence-electron chi connectivity index (χ3n) is 4.30. The van der Waals surface area contributed by atoms with E-state index in [1.54, 1.807) is 19.1 Å². The minimum atomic E-state index is -0.780. The second kappa shape index (κ2) is 8.88. The van der Waals surface area contributed by atoms with E-state index in [9.17, 15) is 14.9 Å². The highest BCUT2D eigenvalue weighted by atomic mass is 16.6. The van der Waals surface area contributed by atoms with E-state index in [2.05, 4.69) is 5.32 Å². The van der Waals surface area contributed by atoms with E-state index in [0.29, 0.717) is 11.4 Å². The standard InChI is InChI=1S/C22H20N2O5/c1-15(22(25)23-20-13-10-18(24(26)27)14-21(20)28-2)29-19-11-8-17(9-12-19)16-6-4-3-5-7-16/h3-15H,1-2H3,(H,23,25)/t15-/m0/s1. The molecule has 0 fully saturated rings. The first-order valence-corrected chi connectivity index (χ1v) is 8.93. The molecule has 0 saturated carbocycles. The predicted octanol–water partition coefficient (Wildman–Crippen LogP) is 4.68. The molecule has 3 aromatic carbocycles. The van der Waals surface area contributed by atoms with Crippen LogP contribution in [0.15, 0.2) is 72.8 Å². The van der Waals surface area contributed by atoms with Crippen LogP contribution in [0.25, 0.3) is 11.1 Å². The molecule has 0 bridgehead atoms. The van der Waals surface area contributed by atoms with Gasteiger partial charge in [0.15, 0.2) is 6.10 Å². The maximum absolute atomic E-state index is 12.5. The van der Waals surface area contributed by atoms with Gasteiger partial charge in [-0.1, -0.05) is 42.5 Å². The van der Waals surface area contributed by atoms with Gasteiger partial charge in [0.05, 0.1) is 23.8 Å². The summed E-state index contributed by atoms with van der Waals surface area (Å²) in [6.45, 7) is 1.62. The van der Waals surface area contributed by atoms with Gasteiger partial charge in [-0.3, -0.25) is 14.9 Å². The van der Waals surface area contributed by atoms with Crippen LogP contribution >= 0.6 is 0 Å². The number of non-ortho nitro benzene ring substituents is 1. The van der Waals surface area contributed by atoms with Gasteiger partial charge in [-0.25, -0.2) is 0 Å². The SMILES string of the molecule is COc1cc([N+](=O)[O-])ccc1NC(=O)[C@H](C)Oc1ccc(-c2ccccc2)cc1. The first-order chi connectivity index (χ1) is 14.0. The highest BCUT2D eigenvalue weighted by Crippen LogP contribution is 2.29. The zero-order valence-electron chi connectivity index (χ0n) is 16.0. The Kier molecular flexibility index (Phi) is 6.09. The highest BCUT2D eigenvalue weighted by Gasteiger charge is 2.18. The molecule has 1 amide bonds. The van der Waals surface area contributed by atoms with Gasteiger partial charge >= 0.3 is 0 Å². The average Bonchev–Trinajstić information content (AvgIpc) is 2.75. The quantitative estimate of drug-likeness (QED) is 0.466. The smallest absolute Gasteiger partial charge is 0.273 e. The lowest BCUT2D eigenvalue weighted by Crippen LogP contribution is -2.30. The van der Waals surface area contributed by atoms with Crippen molar-refractivity contribution in [3.63, 3.8) is 0 Å². The van der Waals surface area contributed by atoms with Crippen LogP contribution in [0.1, 0.15) is 6.92 Å². The normalized spacial score (nSPS) is 11.4. The van der Waals surface area contributed by atoms with Crippen molar-refractivity contribution in [3.8, 4) is 22.6 Å². The number of nitro groups is 1. The topological polar surface area (TPSA) is 90.7 Å². The lowest BCUT2D eigenvalue weighted by molar-refractivity contribution is -0.384. The maximum Gasteiger partial charge on any atom is 0.273 e. The van der Waals surface area contributed by atoms with Gasteiger partial charge < -0.3 is 14.8 Å². The molecule has 0 unspecified atom stereocenters. The number of amides is 1. The van der Waals surface area contributed by atoms with Crippen LogP contribution in [0.5, 0.6) is 11.5 Å². The van der Waals surface area contributed by atoms with Crippen molar-refractivity contribution in [2.24, 2.45) is 0 Å². The minimum absolute atomic E-state index is 0.123. The summed E-state index contributed by atoms with van der Waals surface area (Å²) in [5, 5.41) is 13.5. The Morgan fingerprint density at radius 2 is 1.66 bits per heavy atom. The first-order valence-electron chi connectivity index (χ1n) is 8.93. The number of ether oxygens (including phenoxy) is 2. The van der Waals surface area contributed by atoms with E-state index in [0.717, 1.165) is 11.1 Å². The van der Waals surface area contributed by atoms with Crippen LogP contribution in [0.3, 0.4) is 0 Å². The van der Waals surface area contributed by atoms with Gasteiger partial charge in [-0.2, -0.15) is 0 Å². The second-order valence-corrected chi connectivity index (χ2v) is 6.28. The van der Waals surface area contributed by atoms with Crippen LogP contribution in [0.2, 0.25) is 0 Å². The molecule has 3 aromatic rings. The summed E-state index contributed by atoms with van der Waals surface area (Å²) in [4.78, 5) is 22.8. The first kappa shape index (κ1) is 19.9. The molecule has 1 N–H and O–H groups in total. The summed E-state index contributed by atoms with van der Waals surface area (Å²) in [6, 6.07) is 21.4. The molecule has 0 spiro atoms. The maximum atomic E-state index is 12.5. The van der Waals surface area contributed by atoms with Gasteiger partial charge in [0.1, 0.15) is 11.5 Å². The largest absolute Gasteiger partial charge is 0.494 e. The molecule has 0 aliphatic rings. The monoisotopic (exact) mass is 392 g/mol. The number of carbonyl (C=O) groups is 1. The minimum Gasteiger partial charge on any atom is -0.494 e. The molecule has 0 heterocycles. The summed E-state index contributed by atoms with van der Waals surface area (Å²) in [6.07, 6.45) is -0.780. The summed E-state index contributed by atoms with van der Waals surface area (Å²) in [7, 11) is 1.38. The van der Waals surface area contributed by atoms with E-state index < -0.39 is 16.9 Å². The number of carbonyl (C=O) groups excluding carboxylic acids is 1. The van der Waals surface area contributed by atoms with E-state index in [-0.39, 0.29) is 11.4 Å². The lowest BCUT2D eigenvalue weighted by atomic mass is 10.1.